The summed E-state index contributed by atoms with van der Waals surface area (Å²) in [5.74, 6) is 0.730. The molecule has 0 aromatic heterocycles. The third kappa shape index (κ3) is 4.63. The molecule has 0 amide bonds. The fourth-order valence-corrected chi connectivity index (χ4v) is 2.85. The topological polar surface area (TPSA) is 47.6 Å². The third-order valence-electron chi connectivity index (χ3n) is 4.17. The summed E-state index contributed by atoms with van der Waals surface area (Å²) in [6.45, 7) is 7.08. The number of hydrogen-bond donors (Lipinski definition) is 1. The highest BCUT2D eigenvalue weighted by molar-refractivity contribution is 5.71. The highest BCUT2D eigenvalue weighted by Crippen LogP contribution is 2.27. The van der Waals surface area contributed by atoms with Crippen molar-refractivity contribution in [1.82, 2.24) is 5.32 Å². The van der Waals surface area contributed by atoms with E-state index in [-0.39, 0.29) is 12.0 Å². The van der Waals surface area contributed by atoms with Crippen LogP contribution in [0.2, 0.25) is 0 Å². The van der Waals surface area contributed by atoms with E-state index in [0.29, 0.717) is 13.0 Å². The number of nitrogens with one attached hydrogen (secondary N) is 1. The van der Waals surface area contributed by atoms with Gasteiger partial charge in [-0.2, -0.15) is 0 Å². The molecule has 1 atom stereocenters. The van der Waals surface area contributed by atoms with E-state index in [1.807, 2.05) is 49.4 Å². The monoisotopic (exact) mass is 337 g/mol. The summed E-state index contributed by atoms with van der Waals surface area (Å²) in [4.78, 5) is 12.0. The second-order valence-electron chi connectivity index (χ2n) is 6.30. The zero-order chi connectivity index (χ0) is 17.6. The van der Waals surface area contributed by atoms with E-state index in [4.69, 9.17) is 9.47 Å². The summed E-state index contributed by atoms with van der Waals surface area (Å²) in [5.41, 5.74) is 4.02. The summed E-state index contributed by atoms with van der Waals surface area (Å²) in [5, 5.41) is 3.28. The van der Waals surface area contributed by atoms with Gasteiger partial charge >= 0.3 is 5.97 Å². The quantitative estimate of drug-likeness (QED) is 0.783. The molecular weight excluding hydrogens is 314 g/mol. The molecule has 0 saturated heterocycles. The van der Waals surface area contributed by atoms with Crippen LogP contribution in [-0.4, -0.2) is 18.6 Å². The Kier molecular flexibility index (Phi) is 5.39. The van der Waals surface area contributed by atoms with Crippen LogP contribution in [0.1, 0.15) is 30.0 Å². The minimum atomic E-state index is -0.223. The molecule has 2 aromatic carbocycles. The first-order valence-electron chi connectivity index (χ1n) is 8.53. The van der Waals surface area contributed by atoms with Crippen LogP contribution in [0.4, 0.5) is 0 Å². The molecule has 0 radical (unpaired) electrons. The van der Waals surface area contributed by atoms with E-state index in [1.165, 1.54) is 5.56 Å². The van der Waals surface area contributed by atoms with E-state index in [9.17, 15) is 4.79 Å². The highest BCUT2D eigenvalue weighted by Gasteiger charge is 2.15. The van der Waals surface area contributed by atoms with Gasteiger partial charge in [-0.15, -0.1) is 0 Å². The van der Waals surface area contributed by atoms with Gasteiger partial charge in [-0.05, 0) is 41.8 Å². The van der Waals surface area contributed by atoms with Crippen molar-refractivity contribution >= 4 is 11.7 Å². The summed E-state index contributed by atoms with van der Waals surface area (Å²) in [6.07, 6.45) is 1.22. The Labute approximate surface area is 148 Å². The van der Waals surface area contributed by atoms with Gasteiger partial charge in [-0.1, -0.05) is 36.9 Å². The maximum Gasteiger partial charge on any atom is 0.308 e. The van der Waals surface area contributed by atoms with E-state index >= 15 is 0 Å². The molecule has 130 valence electrons. The molecule has 0 aliphatic carbocycles. The van der Waals surface area contributed by atoms with E-state index in [0.717, 1.165) is 35.6 Å². The van der Waals surface area contributed by atoms with Crippen molar-refractivity contribution in [2.75, 3.05) is 6.61 Å². The lowest BCUT2D eigenvalue weighted by atomic mass is 10.1. The number of rotatable bonds is 7. The molecule has 1 N–H and O–H groups in total. The number of hydrogen-bond acceptors (Lipinski definition) is 4. The lowest BCUT2D eigenvalue weighted by Gasteiger charge is -2.17. The first-order chi connectivity index (χ1) is 12.1. The predicted octanol–water partition coefficient (Wildman–Crippen LogP) is 3.70. The summed E-state index contributed by atoms with van der Waals surface area (Å²) in [6, 6.07) is 15.7. The molecule has 3 rings (SSSR count). The molecule has 1 heterocycles. The minimum absolute atomic E-state index is 0.0553. The summed E-state index contributed by atoms with van der Waals surface area (Å²) in [7, 11) is 0. The van der Waals surface area contributed by atoms with Gasteiger partial charge < -0.3 is 14.8 Å². The molecule has 0 bridgehead atoms. The lowest BCUT2D eigenvalue weighted by Crippen LogP contribution is -2.27. The van der Waals surface area contributed by atoms with Crippen LogP contribution >= 0.6 is 0 Å². The van der Waals surface area contributed by atoms with Crippen LogP contribution in [0.15, 0.2) is 55.1 Å². The van der Waals surface area contributed by atoms with Crippen LogP contribution in [0.5, 0.6) is 5.75 Å². The maximum absolute atomic E-state index is 12.0. The van der Waals surface area contributed by atoms with Crippen molar-refractivity contribution in [1.29, 1.82) is 0 Å². The molecule has 1 aliphatic rings. The molecule has 2 aromatic rings. The molecule has 1 aliphatic heterocycles. The van der Waals surface area contributed by atoms with Gasteiger partial charge in [0.05, 0.1) is 13.0 Å². The SMILES string of the molecule is C=C(NC(C)CC(=O)OCc1ccccc1)c1ccc2c(c1)CCO2. The molecule has 25 heavy (non-hydrogen) atoms. The number of carbonyl (C=O) groups excluding carboxylic acids is 1. The zero-order valence-electron chi connectivity index (χ0n) is 14.5. The Morgan fingerprint density at radius 1 is 1.28 bits per heavy atom. The van der Waals surface area contributed by atoms with Crippen molar-refractivity contribution in [3.8, 4) is 5.75 Å². The molecule has 0 spiro atoms. The summed E-state index contributed by atoms with van der Waals surface area (Å²) < 4.78 is 10.8. The second kappa shape index (κ2) is 7.88. The lowest BCUT2D eigenvalue weighted by molar-refractivity contribution is -0.145. The zero-order valence-corrected chi connectivity index (χ0v) is 14.5. The smallest absolute Gasteiger partial charge is 0.308 e. The molecule has 4 heteroatoms. The average molecular weight is 337 g/mol. The Morgan fingerprint density at radius 3 is 2.88 bits per heavy atom. The first-order valence-corrected chi connectivity index (χ1v) is 8.53. The predicted molar refractivity (Wildman–Crippen MR) is 98.1 cm³/mol. The average Bonchev–Trinajstić information content (AvgIpc) is 3.08. The van der Waals surface area contributed by atoms with Crippen molar-refractivity contribution < 1.29 is 14.3 Å². The normalized spacial score (nSPS) is 13.5. The number of esters is 1. The molecule has 4 nitrogen and oxygen atoms in total. The van der Waals surface area contributed by atoms with Gasteiger partial charge in [0.25, 0.3) is 0 Å². The molecule has 1 unspecified atom stereocenters. The number of carbonyl (C=O) groups is 1. The first kappa shape index (κ1) is 17.1. The maximum atomic E-state index is 12.0. The highest BCUT2D eigenvalue weighted by atomic mass is 16.5. The Morgan fingerprint density at radius 2 is 2.08 bits per heavy atom. The standard InChI is InChI=1S/C21H23NO3/c1-15(12-21(23)25-14-17-6-4-3-5-7-17)22-16(2)18-8-9-20-19(13-18)10-11-24-20/h3-9,13,15,22H,2,10-12,14H2,1H3. The fraction of sp³-hybridized carbons (Fsp3) is 0.286. The van der Waals surface area contributed by atoms with Gasteiger partial charge in [0.2, 0.25) is 0 Å². The largest absolute Gasteiger partial charge is 0.493 e. The number of ether oxygens (including phenoxy) is 2. The van der Waals surface area contributed by atoms with Crippen molar-refractivity contribution in [2.45, 2.75) is 32.4 Å². The van der Waals surface area contributed by atoms with E-state index in [1.54, 1.807) is 0 Å². The Balaban J connectivity index is 1.47. The van der Waals surface area contributed by atoms with Crippen LogP contribution in [0.25, 0.3) is 5.70 Å². The Hall–Kier alpha value is -2.75. The molecule has 0 fully saturated rings. The summed E-state index contributed by atoms with van der Waals surface area (Å²) >= 11 is 0. The van der Waals surface area contributed by atoms with Crippen molar-refractivity contribution in [3.05, 3.63) is 71.8 Å². The van der Waals surface area contributed by atoms with Gasteiger partial charge in [-0.3, -0.25) is 4.79 Å². The minimum Gasteiger partial charge on any atom is -0.493 e. The van der Waals surface area contributed by atoms with Gasteiger partial charge in [0.15, 0.2) is 0 Å². The van der Waals surface area contributed by atoms with Gasteiger partial charge in [-0.25, -0.2) is 0 Å². The van der Waals surface area contributed by atoms with Crippen molar-refractivity contribution in [2.24, 2.45) is 0 Å². The van der Waals surface area contributed by atoms with Crippen LogP contribution < -0.4 is 10.1 Å². The Bertz CT molecular complexity index is 755. The van der Waals surface area contributed by atoms with E-state index < -0.39 is 0 Å². The van der Waals surface area contributed by atoms with Crippen LogP contribution in [0.3, 0.4) is 0 Å². The van der Waals surface area contributed by atoms with Crippen molar-refractivity contribution in [3.63, 3.8) is 0 Å². The number of fused-ring (bicyclic) bond motifs is 1. The third-order valence-corrected chi connectivity index (χ3v) is 4.17. The van der Waals surface area contributed by atoms with Crippen LogP contribution in [0, 0.1) is 0 Å². The van der Waals surface area contributed by atoms with Gasteiger partial charge in [0.1, 0.15) is 12.4 Å². The molecule has 0 saturated carbocycles. The molecular formula is C21H23NO3. The number of benzene rings is 2. The van der Waals surface area contributed by atoms with E-state index in [2.05, 4.69) is 18.0 Å². The fourth-order valence-electron chi connectivity index (χ4n) is 2.85. The van der Waals surface area contributed by atoms with Crippen LogP contribution in [-0.2, 0) is 22.6 Å². The second-order valence-corrected chi connectivity index (χ2v) is 6.30. The van der Waals surface area contributed by atoms with Gasteiger partial charge in [0, 0.05) is 18.2 Å².